The lowest BCUT2D eigenvalue weighted by Crippen LogP contribution is -2.58. The Balaban J connectivity index is 2.84. The molecule has 4 heteroatoms. The van der Waals surface area contributed by atoms with Crippen molar-refractivity contribution in [3.05, 3.63) is 0 Å². The maximum atomic E-state index is 11.6. The van der Waals surface area contributed by atoms with Gasteiger partial charge in [-0.3, -0.25) is 9.69 Å². The molecule has 0 amide bonds. The average molecular weight is 245 g/mol. The first-order valence-corrected chi connectivity index (χ1v) is 7.24. The normalized spacial score (nSPS) is 26.3. The SMILES string of the molecule is CCN(CC(C)C)C1(C(=O)O)CCCSC1. The van der Waals surface area contributed by atoms with Gasteiger partial charge in [0.1, 0.15) is 5.54 Å². The number of hydrogen-bond donors (Lipinski definition) is 1. The molecular weight excluding hydrogens is 222 g/mol. The number of nitrogens with zero attached hydrogens (tertiary/aromatic N) is 1. The number of rotatable bonds is 5. The molecule has 0 aromatic heterocycles. The van der Waals surface area contributed by atoms with Gasteiger partial charge in [-0.1, -0.05) is 20.8 Å². The molecule has 3 nitrogen and oxygen atoms in total. The van der Waals surface area contributed by atoms with E-state index in [2.05, 4.69) is 25.7 Å². The molecule has 0 aromatic rings. The third-order valence-corrected chi connectivity index (χ3v) is 4.45. The van der Waals surface area contributed by atoms with Crippen molar-refractivity contribution >= 4 is 17.7 Å². The fraction of sp³-hybridized carbons (Fsp3) is 0.917. The Bertz CT molecular complexity index is 237. The molecule has 1 saturated heterocycles. The third kappa shape index (κ3) is 2.92. The highest BCUT2D eigenvalue weighted by Gasteiger charge is 2.44. The van der Waals surface area contributed by atoms with Crippen LogP contribution < -0.4 is 0 Å². The monoisotopic (exact) mass is 245 g/mol. The molecule has 0 aliphatic carbocycles. The van der Waals surface area contributed by atoms with Gasteiger partial charge in [-0.2, -0.15) is 11.8 Å². The smallest absolute Gasteiger partial charge is 0.324 e. The first-order valence-electron chi connectivity index (χ1n) is 6.09. The summed E-state index contributed by atoms with van der Waals surface area (Å²) in [5, 5.41) is 9.55. The molecule has 1 atom stereocenters. The summed E-state index contributed by atoms with van der Waals surface area (Å²) in [6.07, 6.45) is 1.82. The van der Waals surface area contributed by atoms with Gasteiger partial charge in [0.15, 0.2) is 0 Å². The molecule has 1 fully saturated rings. The minimum atomic E-state index is -0.637. The molecule has 0 saturated carbocycles. The highest BCUT2D eigenvalue weighted by Crippen LogP contribution is 2.33. The van der Waals surface area contributed by atoms with E-state index in [1.165, 1.54) is 0 Å². The lowest BCUT2D eigenvalue weighted by molar-refractivity contribution is -0.151. The average Bonchev–Trinajstić information content (AvgIpc) is 2.26. The summed E-state index contributed by atoms with van der Waals surface area (Å²) in [6, 6.07) is 0. The first-order chi connectivity index (χ1) is 7.53. The van der Waals surface area contributed by atoms with Crippen LogP contribution in [0, 0.1) is 5.92 Å². The highest BCUT2D eigenvalue weighted by molar-refractivity contribution is 7.99. The predicted octanol–water partition coefficient (Wildman–Crippen LogP) is 2.31. The molecule has 0 aromatic carbocycles. The Morgan fingerprint density at radius 2 is 2.25 bits per heavy atom. The van der Waals surface area contributed by atoms with Gasteiger partial charge >= 0.3 is 5.97 Å². The van der Waals surface area contributed by atoms with E-state index >= 15 is 0 Å². The Hall–Kier alpha value is -0.220. The molecule has 1 aliphatic rings. The van der Waals surface area contributed by atoms with Crippen LogP contribution in [-0.2, 0) is 4.79 Å². The summed E-state index contributed by atoms with van der Waals surface area (Å²) in [6.45, 7) is 8.06. The second-order valence-corrected chi connectivity index (χ2v) is 6.03. The van der Waals surface area contributed by atoms with Crippen molar-refractivity contribution in [3.8, 4) is 0 Å². The van der Waals surface area contributed by atoms with E-state index in [1.807, 2.05) is 0 Å². The summed E-state index contributed by atoms with van der Waals surface area (Å²) in [4.78, 5) is 13.8. The van der Waals surface area contributed by atoms with E-state index in [4.69, 9.17) is 0 Å². The van der Waals surface area contributed by atoms with E-state index in [0.717, 1.165) is 37.4 Å². The molecule has 16 heavy (non-hydrogen) atoms. The number of aliphatic carboxylic acids is 1. The molecule has 1 rings (SSSR count). The van der Waals surface area contributed by atoms with Crippen LogP contribution in [0.5, 0.6) is 0 Å². The Kier molecular flexibility index (Phi) is 5.12. The van der Waals surface area contributed by atoms with Crippen molar-refractivity contribution in [2.24, 2.45) is 5.92 Å². The van der Waals surface area contributed by atoms with Gasteiger partial charge in [0.05, 0.1) is 0 Å². The van der Waals surface area contributed by atoms with Crippen molar-refractivity contribution in [3.63, 3.8) is 0 Å². The van der Waals surface area contributed by atoms with Crippen molar-refractivity contribution in [2.75, 3.05) is 24.6 Å². The molecule has 0 radical (unpaired) electrons. The first kappa shape index (κ1) is 13.8. The van der Waals surface area contributed by atoms with Crippen LogP contribution in [0.2, 0.25) is 0 Å². The Morgan fingerprint density at radius 3 is 2.62 bits per heavy atom. The quantitative estimate of drug-likeness (QED) is 0.807. The van der Waals surface area contributed by atoms with Crippen LogP contribution in [0.3, 0.4) is 0 Å². The van der Waals surface area contributed by atoms with Gasteiger partial charge in [0, 0.05) is 12.3 Å². The van der Waals surface area contributed by atoms with E-state index in [9.17, 15) is 9.90 Å². The van der Waals surface area contributed by atoms with E-state index in [1.54, 1.807) is 11.8 Å². The van der Waals surface area contributed by atoms with Gasteiger partial charge in [-0.05, 0) is 31.1 Å². The Labute approximate surface area is 103 Å². The Morgan fingerprint density at radius 1 is 1.56 bits per heavy atom. The summed E-state index contributed by atoms with van der Waals surface area (Å²) in [5.74, 6) is 1.72. The van der Waals surface area contributed by atoms with Crippen molar-refractivity contribution < 1.29 is 9.90 Å². The molecule has 0 spiro atoms. The van der Waals surface area contributed by atoms with Crippen LogP contribution in [0.25, 0.3) is 0 Å². The molecule has 1 heterocycles. The number of thioether (sulfide) groups is 1. The van der Waals surface area contributed by atoms with E-state index in [0.29, 0.717) is 5.92 Å². The number of hydrogen-bond acceptors (Lipinski definition) is 3. The van der Waals surface area contributed by atoms with Crippen molar-refractivity contribution in [1.29, 1.82) is 0 Å². The van der Waals surface area contributed by atoms with Gasteiger partial charge < -0.3 is 5.11 Å². The topological polar surface area (TPSA) is 40.5 Å². The summed E-state index contributed by atoms with van der Waals surface area (Å²) in [7, 11) is 0. The fourth-order valence-electron chi connectivity index (χ4n) is 2.38. The molecular formula is C12H23NO2S. The van der Waals surface area contributed by atoms with Crippen LogP contribution in [0.4, 0.5) is 0 Å². The lowest BCUT2D eigenvalue weighted by atomic mass is 9.92. The second kappa shape index (κ2) is 5.92. The largest absolute Gasteiger partial charge is 0.480 e. The maximum absolute atomic E-state index is 11.6. The van der Waals surface area contributed by atoms with Crippen LogP contribution >= 0.6 is 11.8 Å². The fourth-order valence-corrected chi connectivity index (χ4v) is 3.66. The summed E-state index contributed by atoms with van der Waals surface area (Å²) in [5.41, 5.74) is -0.609. The standard InChI is InChI=1S/C12H23NO2S/c1-4-13(8-10(2)3)12(11(14)15)6-5-7-16-9-12/h10H,4-9H2,1-3H3,(H,14,15). The molecule has 1 unspecified atom stereocenters. The maximum Gasteiger partial charge on any atom is 0.324 e. The summed E-state index contributed by atoms with van der Waals surface area (Å²) >= 11 is 1.78. The number of carboxylic acids is 1. The molecule has 0 bridgehead atoms. The number of carboxylic acid groups (broad SMARTS) is 1. The van der Waals surface area contributed by atoms with E-state index in [-0.39, 0.29) is 0 Å². The van der Waals surface area contributed by atoms with Crippen molar-refractivity contribution in [1.82, 2.24) is 4.90 Å². The summed E-state index contributed by atoms with van der Waals surface area (Å²) < 4.78 is 0. The molecule has 1 aliphatic heterocycles. The minimum absolute atomic E-state index is 0.517. The number of carbonyl (C=O) groups is 1. The highest BCUT2D eigenvalue weighted by atomic mass is 32.2. The van der Waals surface area contributed by atoms with Crippen LogP contribution in [0.15, 0.2) is 0 Å². The number of likely N-dealkylation sites (N-methyl/N-ethyl adjacent to an activating group) is 1. The van der Waals surface area contributed by atoms with Gasteiger partial charge in [-0.25, -0.2) is 0 Å². The minimum Gasteiger partial charge on any atom is -0.480 e. The zero-order valence-electron chi connectivity index (χ0n) is 10.5. The van der Waals surface area contributed by atoms with E-state index < -0.39 is 11.5 Å². The zero-order chi connectivity index (χ0) is 12.2. The molecule has 94 valence electrons. The second-order valence-electron chi connectivity index (χ2n) is 4.93. The van der Waals surface area contributed by atoms with Gasteiger partial charge in [0.25, 0.3) is 0 Å². The zero-order valence-corrected chi connectivity index (χ0v) is 11.3. The van der Waals surface area contributed by atoms with Crippen molar-refractivity contribution in [2.45, 2.75) is 39.2 Å². The van der Waals surface area contributed by atoms with Crippen LogP contribution in [-0.4, -0.2) is 46.1 Å². The lowest BCUT2D eigenvalue weighted by Gasteiger charge is -2.43. The predicted molar refractivity (Wildman–Crippen MR) is 69.0 cm³/mol. The molecule has 1 N–H and O–H groups in total. The van der Waals surface area contributed by atoms with Gasteiger partial charge in [-0.15, -0.1) is 0 Å². The van der Waals surface area contributed by atoms with Gasteiger partial charge in [0.2, 0.25) is 0 Å². The van der Waals surface area contributed by atoms with Crippen LogP contribution in [0.1, 0.15) is 33.6 Å². The third-order valence-electron chi connectivity index (χ3n) is 3.19.